The standard InChI is InChI=1S/C29H32F2N6O3/c1-16-10-17(11-24(32)28(16)38)21-4-7-33-15-26(21)35-29-34-14-18-2-3-25(36-37(18)29)27-22(30)12-20(13-23(27)31)40-19-5-8-39-9-6-19/h2-4,7,12-17,19,24,28,38H,5-6,8-11,32H2,1H3,(H,34,35)/t16-,17+,24+,28-/m0/s1. The number of ether oxygens (including phenoxy) is 2. The van der Waals surface area contributed by atoms with Crippen molar-refractivity contribution in [2.24, 2.45) is 11.7 Å². The predicted octanol–water partition coefficient (Wildman–Crippen LogP) is 4.57. The van der Waals surface area contributed by atoms with Crippen LogP contribution >= 0.6 is 0 Å². The van der Waals surface area contributed by atoms with Crippen molar-refractivity contribution in [2.75, 3.05) is 18.5 Å². The number of aliphatic hydroxyl groups is 1. The number of pyridine rings is 1. The summed E-state index contributed by atoms with van der Waals surface area (Å²) in [6.07, 6.45) is 7.16. The Morgan fingerprint density at radius 2 is 1.88 bits per heavy atom. The number of imidazole rings is 1. The van der Waals surface area contributed by atoms with E-state index >= 15 is 8.78 Å². The van der Waals surface area contributed by atoms with Gasteiger partial charge in [-0.25, -0.2) is 13.8 Å². The van der Waals surface area contributed by atoms with Crippen LogP contribution < -0.4 is 15.8 Å². The highest BCUT2D eigenvalue weighted by molar-refractivity contribution is 5.66. The topological polar surface area (TPSA) is 120 Å². The van der Waals surface area contributed by atoms with Gasteiger partial charge < -0.3 is 25.6 Å². The van der Waals surface area contributed by atoms with Crippen LogP contribution in [0.4, 0.5) is 20.4 Å². The second-order valence-corrected chi connectivity index (χ2v) is 10.7. The molecule has 3 aromatic heterocycles. The third-order valence-electron chi connectivity index (χ3n) is 7.90. The minimum absolute atomic E-state index is 0.0597. The molecule has 1 aliphatic heterocycles. The molecule has 1 aliphatic carbocycles. The van der Waals surface area contributed by atoms with Gasteiger partial charge >= 0.3 is 0 Å². The lowest BCUT2D eigenvalue weighted by Crippen LogP contribution is -2.44. The van der Waals surface area contributed by atoms with E-state index in [0.717, 1.165) is 17.7 Å². The van der Waals surface area contributed by atoms with Crippen molar-refractivity contribution in [3.63, 3.8) is 0 Å². The first-order chi connectivity index (χ1) is 19.4. The van der Waals surface area contributed by atoms with Crippen molar-refractivity contribution in [1.29, 1.82) is 0 Å². The van der Waals surface area contributed by atoms with E-state index in [-0.39, 0.29) is 41.0 Å². The molecule has 210 valence electrons. The Hall–Kier alpha value is -3.67. The molecule has 0 bridgehead atoms. The van der Waals surface area contributed by atoms with Crippen LogP contribution in [0.25, 0.3) is 16.8 Å². The summed E-state index contributed by atoms with van der Waals surface area (Å²) < 4.78 is 43.1. The van der Waals surface area contributed by atoms with E-state index in [1.54, 1.807) is 30.7 Å². The van der Waals surface area contributed by atoms with Crippen molar-refractivity contribution in [1.82, 2.24) is 19.6 Å². The number of anilines is 2. The second-order valence-electron chi connectivity index (χ2n) is 10.7. The molecule has 0 amide bonds. The lowest BCUT2D eigenvalue weighted by Gasteiger charge is -2.36. The van der Waals surface area contributed by atoms with Crippen molar-refractivity contribution in [3.8, 4) is 17.0 Å². The first-order valence-corrected chi connectivity index (χ1v) is 13.6. The van der Waals surface area contributed by atoms with Crippen molar-refractivity contribution in [3.05, 3.63) is 66.1 Å². The van der Waals surface area contributed by atoms with Gasteiger partial charge in [-0.15, -0.1) is 0 Å². The molecule has 0 unspecified atom stereocenters. The maximum atomic E-state index is 15.2. The first kappa shape index (κ1) is 26.5. The monoisotopic (exact) mass is 550 g/mol. The van der Waals surface area contributed by atoms with Crippen LogP contribution in [0, 0.1) is 17.6 Å². The molecule has 6 rings (SSSR count). The SMILES string of the molecule is C[C@H]1C[C@@H](c2ccncc2Nc2ncc3ccc(-c4c(F)cc(OC5CCOCC5)cc4F)nn23)C[C@@H](N)[C@H]1O. The second kappa shape index (κ2) is 11.1. The number of rotatable bonds is 6. The van der Waals surface area contributed by atoms with Gasteiger partial charge in [-0.05, 0) is 48.4 Å². The molecular formula is C29H32F2N6O3. The third-order valence-corrected chi connectivity index (χ3v) is 7.90. The highest BCUT2D eigenvalue weighted by atomic mass is 19.1. The third kappa shape index (κ3) is 5.24. The zero-order valence-corrected chi connectivity index (χ0v) is 22.1. The largest absolute Gasteiger partial charge is 0.490 e. The van der Waals surface area contributed by atoms with E-state index < -0.39 is 17.7 Å². The summed E-state index contributed by atoms with van der Waals surface area (Å²) in [6, 6.07) is 7.28. The highest BCUT2D eigenvalue weighted by Gasteiger charge is 2.34. The Bertz CT molecular complexity index is 1470. The number of aromatic nitrogens is 4. The molecule has 1 saturated heterocycles. The fourth-order valence-electron chi connectivity index (χ4n) is 5.76. The van der Waals surface area contributed by atoms with E-state index in [1.165, 1.54) is 16.6 Å². The number of halogens is 2. The average Bonchev–Trinajstić information content (AvgIpc) is 3.34. The lowest BCUT2D eigenvalue weighted by atomic mass is 9.74. The molecule has 4 heterocycles. The Labute approximate surface area is 230 Å². The molecule has 0 spiro atoms. The molecule has 4 atom stereocenters. The normalized spacial score (nSPS) is 23.8. The Kier molecular flexibility index (Phi) is 7.35. The first-order valence-electron chi connectivity index (χ1n) is 13.6. The van der Waals surface area contributed by atoms with Crippen LogP contribution in [-0.2, 0) is 4.74 Å². The summed E-state index contributed by atoms with van der Waals surface area (Å²) in [5.41, 5.74) is 8.48. The summed E-state index contributed by atoms with van der Waals surface area (Å²) >= 11 is 0. The summed E-state index contributed by atoms with van der Waals surface area (Å²) in [5.74, 6) is -0.820. The van der Waals surface area contributed by atoms with Crippen LogP contribution in [-0.4, -0.2) is 56.2 Å². The number of benzene rings is 1. The fourth-order valence-corrected chi connectivity index (χ4v) is 5.76. The number of hydrogen-bond donors (Lipinski definition) is 3. The zero-order chi connectivity index (χ0) is 27.8. The van der Waals surface area contributed by atoms with Crippen LogP contribution in [0.1, 0.15) is 44.1 Å². The van der Waals surface area contributed by atoms with E-state index in [2.05, 4.69) is 20.4 Å². The average molecular weight is 551 g/mol. The summed E-state index contributed by atoms with van der Waals surface area (Å²) in [5, 5.41) is 18.1. The molecule has 1 aromatic carbocycles. The quantitative estimate of drug-likeness (QED) is 0.319. The van der Waals surface area contributed by atoms with Gasteiger partial charge in [0.05, 0.1) is 54.2 Å². The van der Waals surface area contributed by atoms with Crippen LogP contribution in [0.2, 0.25) is 0 Å². The molecular weight excluding hydrogens is 518 g/mol. The molecule has 2 aliphatic rings. The van der Waals surface area contributed by atoms with E-state index in [9.17, 15) is 5.11 Å². The molecule has 4 aromatic rings. The van der Waals surface area contributed by atoms with E-state index in [0.29, 0.717) is 43.9 Å². The van der Waals surface area contributed by atoms with Crippen molar-refractivity contribution < 1.29 is 23.4 Å². The minimum Gasteiger partial charge on any atom is -0.490 e. The maximum Gasteiger partial charge on any atom is 0.229 e. The highest BCUT2D eigenvalue weighted by Crippen LogP contribution is 2.39. The predicted molar refractivity (Wildman–Crippen MR) is 145 cm³/mol. The fraction of sp³-hybridized carbons (Fsp3) is 0.414. The minimum atomic E-state index is -0.761. The van der Waals surface area contributed by atoms with Crippen LogP contribution in [0.5, 0.6) is 5.75 Å². The van der Waals surface area contributed by atoms with E-state index in [4.69, 9.17) is 15.2 Å². The van der Waals surface area contributed by atoms with Crippen LogP contribution in [0.15, 0.2) is 48.9 Å². The molecule has 1 saturated carbocycles. The lowest BCUT2D eigenvalue weighted by molar-refractivity contribution is 0.0253. The van der Waals surface area contributed by atoms with Gasteiger partial charge in [-0.3, -0.25) is 4.98 Å². The maximum absolute atomic E-state index is 15.2. The summed E-state index contributed by atoms with van der Waals surface area (Å²) in [7, 11) is 0. The summed E-state index contributed by atoms with van der Waals surface area (Å²) in [4.78, 5) is 8.73. The molecule has 4 N–H and O–H groups in total. The number of nitrogens with two attached hydrogens (primary N) is 1. The van der Waals surface area contributed by atoms with Gasteiger partial charge in [0.15, 0.2) is 0 Å². The number of nitrogens with zero attached hydrogens (tertiary/aromatic N) is 4. The Morgan fingerprint density at radius 1 is 1.10 bits per heavy atom. The zero-order valence-electron chi connectivity index (χ0n) is 22.1. The number of nitrogens with one attached hydrogen (secondary N) is 1. The number of hydrogen-bond acceptors (Lipinski definition) is 8. The number of aliphatic hydroxyl groups excluding tert-OH is 1. The van der Waals surface area contributed by atoms with Gasteiger partial charge in [0.2, 0.25) is 5.95 Å². The molecule has 11 heteroatoms. The van der Waals surface area contributed by atoms with Gasteiger partial charge in [-0.1, -0.05) is 6.92 Å². The molecule has 2 fully saturated rings. The van der Waals surface area contributed by atoms with Crippen molar-refractivity contribution >= 4 is 17.2 Å². The van der Waals surface area contributed by atoms with E-state index in [1.807, 2.05) is 13.0 Å². The Balaban J connectivity index is 1.29. The van der Waals surface area contributed by atoms with Gasteiger partial charge in [0.1, 0.15) is 23.5 Å². The smallest absolute Gasteiger partial charge is 0.229 e. The molecule has 0 radical (unpaired) electrons. The van der Waals surface area contributed by atoms with Gasteiger partial charge in [-0.2, -0.15) is 9.61 Å². The van der Waals surface area contributed by atoms with Gasteiger partial charge in [0, 0.05) is 37.2 Å². The Morgan fingerprint density at radius 3 is 2.62 bits per heavy atom. The molecule has 9 nitrogen and oxygen atoms in total. The van der Waals surface area contributed by atoms with Crippen LogP contribution in [0.3, 0.4) is 0 Å². The van der Waals surface area contributed by atoms with Crippen molar-refractivity contribution in [2.45, 2.75) is 56.8 Å². The summed E-state index contributed by atoms with van der Waals surface area (Å²) in [6.45, 7) is 3.13. The molecule has 40 heavy (non-hydrogen) atoms. The number of fused-ring (bicyclic) bond motifs is 1. The van der Waals surface area contributed by atoms with Gasteiger partial charge in [0.25, 0.3) is 0 Å².